The summed E-state index contributed by atoms with van der Waals surface area (Å²) in [5.41, 5.74) is 12.4. The first-order chi connectivity index (χ1) is 25.3. The molecule has 8 nitrogen and oxygen atoms in total. The van der Waals surface area contributed by atoms with Gasteiger partial charge in [-0.3, -0.25) is 5.32 Å². The molecular weight excluding hydrogens is 676 g/mol. The lowest BCUT2D eigenvalue weighted by atomic mass is 10.2. The summed E-state index contributed by atoms with van der Waals surface area (Å²) in [5, 5.41) is 12.3. The van der Waals surface area contributed by atoms with Gasteiger partial charge in [0.2, 0.25) is 5.82 Å². The van der Waals surface area contributed by atoms with Crippen LogP contribution in [0.3, 0.4) is 0 Å². The number of aromatic nitrogens is 4. The molecule has 0 aliphatic rings. The Morgan fingerprint density at radius 3 is 1.15 bits per heavy atom. The molecule has 0 aliphatic carbocycles. The number of quaternary nitrogens is 1. The van der Waals surface area contributed by atoms with E-state index in [1.165, 1.54) is 22.3 Å². The molecule has 0 atom stereocenters. The number of nitrogens with one attached hydrogen (secondary N) is 3. The molecule has 0 bridgehead atoms. The number of para-hydroxylation sites is 4. The van der Waals surface area contributed by atoms with Crippen LogP contribution in [0.4, 0.5) is 46.0 Å². The van der Waals surface area contributed by atoms with E-state index in [4.69, 9.17) is 19.9 Å². The van der Waals surface area contributed by atoms with Gasteiger partial charge in [-0.25, -0.2) is 15.0 Å². The maximum Gasteiger partial charge on any atom is 0.273 e. The van der Waals surface area contributed by atoms with Crippen molar-refractivity contribution in [3.63, 3.8) is 0 Å². The van der Waals surface area contributed by atoms with Crippen molar-refractivity contribution in [1.29, 1.82) is 0 Å². The van der Waals surface area contributed by atoms with Gasteiger partial charge >= 0.3 is 0 Å². The van der Waals surface area contributed by atoms with Crippen LogP contribution in [-0.2, 0) is 0 Å². The smallest absolute Gasteiger partial charge is 0.273 e. The maximum absolute atomic E-state index is 4.84. The molecule has 53 heavy (non-hydrogen) atoms. The topological polar surface area (TPSA) is 104 Å². The second-order valence-electron chi connectivity index (χ2n) is 12.9. The van der Waals surface area contributed by atoms with Gasteiger partial charge < -0.3 is 28.4 Å². The predicted molar refractivity (Wildman–Crippen MR) is 215 cm³/mol. The van der Waals surface area contributed by atoms with E-state index in [9.17, 15) is 0 Å². The molecule has 0 saturated heterocycles. The van der Waals surface area contributed by atoms with E-state index in [0.717, 1.165) is 56.5 Å². The summed E-state index contributed by atoms with van der Waals surface area (Å²) in [7, 11) is 0. The SMILES string of the molecule is Cc1cccc(Nc2nc3ccccc3nc2Nc2cccc(C)c2)c1.Cc1cccc(Nc2nc3ccccc3nc2[NH2+]c2cccc(C)c2)c1.[Cl-]. The molecule has 0 aliphatic heterocycles. The van der Waals surface area contributed by atoms with Crippen molar-refractivity contribution < 1.29 is 17.7 Å². The molecule has 264 valence electrons. The van der Waals surface area contributed by atoms with Crippen LogP contribution in [0.25, 0.3) is 22.1 Å². The number of hydrogen-bond donors (Lipinski definition) is 4. The number of nitrogens with zero attached hydrogens (tertiary/aromatic N) is 4. The van der Waals surface area contributed by atoms with E-state index >= 15 is 0 Å². The van der Waals surface area contributed by atoms with Crippen LogP contribution in [0, 0.1) is 27.7 Å². The first kappa shape index (κ1) is 36.4. The van der Waals surface area contributed by atoms with Crippen LogP contribution in [0.5, 0.6) is 0 Å². The van der Waals surface area contributed by atoms with Crippen molar-refractivity contribution in [3.05, 3.63) is 168 Å². The fourth-order valence-corrected chi connectivity index (χ4v) is 5.88. The fourth-order valence-electron chi connectivity index (χ4n) is 5.88. The van der Waals surface area contributed by atoms with Crippen molar-refractivity contribution in [2.75, 3.05) is 16.0 Å². The van der Waals surface area contributed by atoms with Gasteiger partial charge in [-0.2, -0.15) is 4.98 Å². The summed E-state index contributed by atoms with van der Waals surface area (Å²) in [5.74, 6) is 3.00. The van der Waals surface area contributed by atoms with Crippen molar-refractivity contribution in [2.24, 2.45) is 0 Å². The molecule has 0 radical (unpaired) electrons. The van der Waals surface area contributed by atoms with E-state index < -0.39 is 0 Å². The Labute approximate surface area is 316 Å². The summed E-state index contributed by atoms with van der Waals surface area (Å²) < 4.78 is 0. The number of halogens is 1. The molecule has 0 unspecified atom stereocenters. The zero-order valence-electron chi connectivity index (χ0n) is 30.1. The van der Waals surface area contributed by atoms with E-state index in [2.05, 4.69) is 110 Å². The first-order valence-electron chi connectivity index (χ1n) is 17.3. The highest BCUT2D eigenvalue weighted by molar-refractivity contribution is 5.83. The molecule has 0 fully saturated rings. The van der Waals surface area contributed by atoms with Gasteiger partial charge in [0, 0.05) is 23.1 Å². The molecular formula is C44H41ClN8. The van der Waals surface area contributed by atoms with Gasteiger partial charge in [-0.15, -0.1) is 0 Å². The maximum atomic E-state index is 4.84. The molecule has 2 heterocycles. The Bertz CT molecular complexity index is 2150. The monoisotopic (exact) mass is 716 g/mol. The fraction of sp³-hybridized carbons (Fsp3) is 0.0909. The minimum absolute atomic E-state index is 0. The molecule has 2 aromatic heterocycles. The summed E-state index contributed by atoms with van der Waals surface area (Å²) >= 11 is 0. The predicted octanol–water partition coefficient (Wildman–Crippen LogP) is 7.25. The van der Waals surface area contributed by atoms with Gasteiger partial charge in [0.05, 0.1) is 22.1 Å². The third-order valence-electron chi connectivity index (χ3n) is 8.36. The average Bonchev–Trinajstić information content (AvgIpc) is 3.12. The van der Waals surface area contributed by atoms with E-state index in [1.54, 1.807) is 0 Å². The Morgan fingerprint density at radius 2 is 0.736 bits per heavy atom. The third-order valence-corrected chi connectivity index (χ3v) is 8.36. The Hall–Kier alpha value is -6.35. The number of benzene rings is 6. The molecule has 8 aromatic rings. The summed E-state index contributed by atoms with van der Waals surface area (Å²) in [6.45, 7) is 8.32. The van der Waals surface area contributed by atoms with Gasteiger partial charge in [0.1, 0.15) is 5.69 Å². The summed E-state index contributed by atoms with van der Waals surface area (Å²) in [6, 6.07) is 48.9. The quantitative estimate of drug-likeness (QED) is 0.123. The molecule has 0 spiro atoms. The average molecular weight is 717 g/mol. The van der Waals surface area contributed by atoms with Crippen LogP contribution in [0.15, 0.2) is 146 Å². The largest absolute Gasteiger partial charge is 1.00 e. The lowest BCUT2D eigenvalue weighted by Gasteiger charge is -2.14. The zero-order valence-corrected chi connectivity index (χ0v) is 30.9. The number of hydrogen-bond acceptors (Lipinski definition) is 7. The number of aryl methyl sites for hydroxylation is 4. The highest BCUT2D eigenvalue weighted by Crippen LogP contribution is 2.28. The van der Waals surface area contributed by atoms with Crippen molar-refractivity contribution in [1.82, 2.24) is 19.9 Å². The normalized spacial score (nSPS) is 10.6. The highest BCUT2D eigenvalue weighted by atomic mass is 35.5. The number of fused-ring (bicyclic) bond motifs is 2. The molecule has 6 aromatic carbocycles. The molecule has 8 rings (SSSR count). The van der Waals surface area contributed by atoms with Crippen LogP contribution in [0.1, 0.15) is 22.3 Å². The number of nitrogens with two attached hydrogens (primary N) is 1. The van der Waals surface area contributed by atoms with Crippen molar-refractivity contribution in [3.8, 4) is 0 Å². The minimum Gasteiger partial charge on any atom is -1.00 e. The molecule has 0 saturated carbocycles. The van der Waals surface area contributed by atoms with Crippen molar-refractivity contribution >= 4 is 68.1 Å². The Morgan fingerprint density at radius 1 is 0.377 bits per heavy atom. The lowest BCUT2D eigenvalue weighted by molar-refractivity contribution is -0.482. The molecule has 9 heteroatoms. The highest BCUT2D eigenvalue weighted by Gasteiger charge is 2.15. The van der Waals surface area contributed by atoms with E-state index in [-0.39, 0.29) is 12.4 Å². The second-order valence-corrected chi connectivity index (χ2v) is 12.9. The number of rotatable bonds is 8. The molecule has 0 amide bonds. The Balaban J connectivity index is 0.000000178. The number of anilines is 6. The summed E-state index contributed by atoms with van der Waals surface area (Å²) in [4.78, 5) is 19.2. The second kappa shape index (κ2) is 16.8. The lowest BCUT2D eigenvalue weighted by Crippen LogP contribution is -3.00. The standard InChI is InChI=1S/2C22H20N4.ClH/c2*1-15-7-5-9-17(13-15)23-21-22(24-18-10-6-8-16(2)14-18)26-20-12-4-3-11-19(20)25-21;/h2*3-14H,1-2H3,(H,23,25)(H,24,26);1H. The van der Waals surface area contributed by atoms with Crippen LogP contribution >= 0.6 is 0 Å². The van der Waals surface area contributed by atoms with E-state index in [0.29, 0.717) is 11.6 Å². The summed E-state index contributed by atoms with van der Waals surface area (Å²) in [6.07, 6.45) is 0. The Kier molecular flexibility index (Phi) is 11.5. The van der Waals surface area contributed by atoms with Crippen LogP contribution in [0.2, 0.25) is 0 Å². The zero-order chi connectivity index (χ0) is 35.9. The van der Waals surface area contributed by atoms with Crippen molar-refractivity contribution in [2.45, 2.75) is 27.7 Å². The van der Waals surface area contributed by atoms with Crippen LogP contribution in [-0.4, -0.2) is 19.9 Å². The third kappa shape index (κ3) is 9.51. The molecule has 5 N–H and O–H groups in total. The first-order valence-corrected chi connectivity index (χ1v) is 17.3. The van der Waals surface area contributed by atoms with Gasteiger partial charge in [0.15, 0.2) is 11.6 Å². The van der Waals surface area contributed by atoms with E-state index in [1.807, 2.05) is 84.9 Å². The van der Waals surface area contributed by atoms with Gasteiger partial charge in [-0.05, 0) is 117 Å². The van der Waals surface area contributed by atoms with Crippen LogP contribution < -0.4 is 33.7 Å². The minimum atomic E-state index is 0. The van der Waals surface area contributed by atoms with Gasteiger partial charge in [-0.1, -0.05) is 72.8 Å². The van der Waals surface area contributed by atoms with Gasteiger partial charge in [0.25, 0.3) is 5.82 Å².